The average Bonchev–Trinajstić information content (AvgIpc) is 3.06. The molecule has 0 saturated carbocycles. The van der Waals surface area contributed by atoms with Gasteiger partial charge in [-0.05, 0) is 60.9 Å². The molecule has 0 fully saturated rings. The van der Waals surface area contributed by atoms with Crippen LogP contribution >= 0.6 is 0 Å². The lowest BCUT2D eigenvalue weighted by Gasteiger charge is -2.16. The second-order valence-corrected chi connectivity index (χ2v) is 5.39. The molecule has 3 heteroatoms. The molecule has 3 nitrogen and oxygen atoms in total. The van der Waals surface area contributed by atoms with Gasteiger partial charge in [0.25, 0.3) is 0 Å². The molecule has 0 amide bonds. The molecule has 0 spiro atoms. The van der Waals surface area contributed by atoms with Crippen LogP contribution in [0.1, 0.15) is 36.7 Å². The number of hydrogen-bond donors (Lipinski definition) is 0. The predicted octanol–water partition coefficient (Wildman–Crippen LogP) is 4.52. The summed E-state index contributed by atoms with van der Waals surface area (Å²) in [6.07, 6.45) is 8.87. The molecule has 3 rings (SSSR count). The van der Waals surface area contributed by atoms with Crippen LogP contribution in [0.4, 0.5) is 0 Å². The van der Waals surface area contributed by atoms with Gasteiger partial charge in [-0.3, -0.25) is 4.99 Å². The molecule has 0 saturated heterocycles. The highest BCUT2D eigenvalue weighted by atomic mass is 16.5. The molecule has 114 valence electrons. The van der Waals surface area contributed by atoms with E-state index in [1.807, 2.05) is 30.4 Å². The molecule has 0 N–H and O–H groups in total. The molecule has 0 atom stereocenters. The highest BCUT2D eigenvalue weighted by molar-refractivity contribution is 6.12. The van der Waals surface area contributed by atoms with Crippen LogP contribution in [-0.4, -0.2) is 18.9 Å². The maximum atomic E-state index is 5.79. The van der Waals surface area contributed by atoms with Gasteiger partial charge in [0.2, 0.25) is 0 Å². The van der Waals surface area contributed by atoms with Gasteiger partial charge in [0, 0.05) is 12.1 Å². The fourth-order valence-electron chi connectivity index (χ4n) is 2.52. The van der Waals surface area contributed by atoms with Crippen molar-refractivity contribution in [2.45, 2.75) is 26.2 Å². The highest BCUT2D eigenvalue weighted by Crippen LogP contribution is 2.23. The van der Waals surface area contributed by atoms with Crippen molar-refractivity contribution in [1.29, 1.82) is 0 Å². The predicted molar refractivity (Wildman–Crippen MR) is 89.7 cm³/mol. The van der Waals surface area contributed by atoms with E-state index < -0.39 is 0 Å². The number of fused-ring (bicyclic) bond motifs is 1. The van der Waals surface area contributed by atoms with Crippen LogP contribution in [0, 0.1) is 0 Å². The number of furan rings is 1. The van der Waals surface area contributed by atoms with Gasteiger partial charge in [0.05, 0.1) is 18.6 Å². The molecule has 2 heterocycles. The molecule has 0 aliphatic carbocycles. The highest BCUT2D eigenvalue weighted by Gasteiger charge is 2.13. The first-order chi connectivity index (χ1) is 10.9. The first kappa shape index (κ1) is 14.6. The summed E-state index contributed by atoms with van der Waals surface area (Å²) in [5, 5.41) is 0. The van der Waals surface area contributed by atoms with E-state index in [2.05, 4.69) is 24.0 Å². The normalized spacial score (nSPS) is 14.0. The Balaban J connectivity index is 1.75. The van der Waals surface area contributed by atoms with Crippen LogP contribution in [0.5, 0.6) is 5.75 Å². The Hall–Kier alpha value is -2.29. The molecule has 0 bridgehead atoms. The number of aliphatic imine (C=N–C) groups is 1. The van der Waals surface area contributed by atoms with Crippen molar-refractivity contribution in [2.24, 2.45) is 4.99 Å². The van der Waals surface area contributed by atoms with Crippen molar-refractivity contribution >= 4 is 11.8 Å². The van der Waals surface area contributed by atoms with Crippen molar-refractivity contribution in [2.75, 3.05) is 13.2 Å². The SMILES string of the molecule is CCCCOc1ccc2c(c1)CCN=C2/C=C/c1ccco1. The van der Waals surface area contributed by atoms with Crippen molar-refractivity contribution in [3.63, 3.8) is 0 Å². The zero-order valence-corrected chi connectivity index (χ0v) is 12.9. The largest absolute Gasteiger partial charge is 0.494 e. The van der Waals surface area contributed by atoms with Crippen LogP contribution < -0.4 is 4.74 Å². The van der Waals surface area contributed by atoms with Crippen LogP contribution in [0.25, 0.3) is 6.08 Å². The summed E-state index contributed by atoms with van der Waals surface area (Å²) in [5.41, 5.74) is 3.51. The van der Waals surface area contributed by atoms with Crippen molar-refractivity contribution in [3.05, 3.63) is 59.6 Å². The van der Waals surface area contributed by atoms with E-state index in [0.717, 1.165) is 49.6 Å². The number of nitrogens with zero attached hydrogens (tertiary/aromatic N) is 1. The quantitative estimate of drug-likeness (QED) is 0.734. The standard InChI is InChI=1S/C19H21NO2/c1-2-3-12-22-17-6-8-18-15(14-17)10-11-20-19(18)9-7-16-5-4-13-21-16/h4-9,13-14H,2-3,10-12H2,1H3/b9-7+. The third-order valence-electron chi connectivity index (χ3n) is 3.73. The summed E-state index contributed by atoms with van der Waals surface area (Å²) in [6, 6.07) is 10.1. The molecule has 0 radical (unpaired) electrons. The van der Waals surface area contributed by atoms with E-state index >= 15 is 0 Å². The molecule has 1 aliphatic heterocycles. The minimum Gasteiger partial charge on any atom is -0.494 e. The number of rotatable bonds is 6. The van der Waals surface area contributed by atoms with E-state index in [1.165, 1.54) is 11.1 Å². The maximum absolute atomic E-state index is 5.79. The molecule has 1 aromatic heterocycles. The van der Waals surface area contributed by atoms with Crippen LogP contribution in [0.2, 0.25) is 0 Å². The topological polar surface area (TPSA) is 34.7 Å². The summed E-state index contributed by atoms with van der Waals surface area (Å²) >= 11 is 0. The first-order valence-corrected chi connectivity index (χ1v) is 7.89. The van der Waals surface area contributed by atoms with Crippen LogP contribution in [0.3, 0.4) is 0 Å². The number of ether oxygens (including phenoxy) is 1. The number of allylic oxidation sites excluding steroid dienone is 1. The van der Waals surface area contributed by atoms with Crippen molar-refractivity contribution in [3.8, 4) is 5.75 Å². The Bertz CT molecular complexity index is 669. The lowest BCUT2D eigenvalue weighted by molar-refractivity contribution is 0.309. The third kappa shape index (κ3) is 3.48. The Morgan fingerprint density at radius 1 is 1.27 bits per heavy atom. The van der Waals surface area contributed by atoms with Crippen LogP contribution in [0.15, 0.2) is 52.1 Å². The molecule has 1 aliphatic rings. The van der Waals surface area contributed by atoms with Gasteiger partial charge in [0.1, 0.15) is 11.5 Å². The van der Waals surface area contributed by atoms with E-state index in [4.69, 9.17) is 9.15 Å². The van der Waals surface area contributed by atoms with E-state index in [-0.39, 0.29) is 0 Å². The summed E-state index contributed by atoms with van der Waals surface area (Å²) in [6.45, 7) is 3.78. The summed E-state index contributed by atoms with van der Waals surface area (Å²) in [7, 11) is 0. The molecular formula is C19H21NO2. The molecule has 2 aromatic rings. The second kappa shape index (κ2) is 7.12. The minimum absolute atomic E-state index is 0.786. The molecule has 1 aromatic carbocycles. The van der Waals surface area contributed by atoms with Gasteiger partial charge in [-0.25, -0.2) is 0 Å². The zero-order chi connectivity index (χ0) is 15.2. The average molecular weight is 295 g/mol. The fourth-order valence-corrected chi connectivity index (χ4v) is 2.52. The van der Waals surface area contributed by atoms with Crippen molar-refractivity contribution < 1.29 is 9.15 Å². The van der Waals surface area contributed by atoms with Gasteiger partial charge in [-0.1, -0.05) is 13.3 Å². The number of hydrogen-bond acceptors (Lipinski definition) is 3. The first-order valence-electron chi connectivity index (χ1n) is 7.89. The Morgan fingerprint density at radius 3 is 3.05 bits per heavy atom. The fraction of sp³-hybridized carbons (Fsp3) is 0.316. The smallest absolute Gasteiger partial charge is 0.126 e. The Morgan fingerprint density at radius 2 is 2.23 bits per heavy atom. The Kier molecular flexibility index (Phi) is 4.74. The zero-order valence-electron chi connectivity index (χ0n) is 12.9. The van der Waals surface area contributed by atoms with Gasteiger partial charge < -0.3 is 9.15 Å². The van der Waals surface area contributed by atoms with Crippen molar-refractivity contribution in [1.82, 2.24) is 0 Å². The maximum Gasteiger partial charge on any atom is 0.126 e. The van der Waals surface area contributed by atoms with Gasteiger partial charge in [-0.15, -0.1) is 0 Å². The second-order valence-electron chi connectivity index (χ2n) is 5.39. The Labute approximate surface area is 131 Å². The molecule has 22 heavy (non-hydrogen) atoms. The van der Waals surface area contributed by atoms with E-state index in [1.54, 1.807) is 6.26 Å². The summed E-state index contributed by atoms with van der Waals surface area (Å²) < 4.78 is 11.1. The summed E-state index contributed by atoms with van der Waals surface area (Å²) in [4.78, 5) is 4.62. The number of unbranched alkanes of at least 4 members (excludes halogenated alkanes) is 1. The van der Waals surface area contributed by atoms with Gasteiger partial charge >= 0.3 is 0 Å². The molecule has 0 unspecified atom stereocenters. The molecular weight excluding hydrogens is 274 g/mol. The lowest BCUT2D eigenvalue weighted by Crippen LogP contribution is -2.11. The lowest BCUT2D eigenvalue weighted by atomic mass is 9.97. The minimum atomic E-state index is 0.786. The number of benzene rings is 1. The van der Waals surface area contributed by atoms with E-state index in [0.29, 0.717) is 0 Å². The van der Waals surface area contributed by atoms with Gasteiger partial charge in [0.15, 0.2) is 0 Å². The van der Waals surface area contributed by atoms with E-state index in [9.17, 15) is 0 Å². The monoisotopic (exact) mass is 295 g/mol. The van der Waals surface area contributed by atoms with Crippen LogP contribution in [-0.2, 0) is 6.42 Å². The summed E-state index contributed by atoms with van der Waals surface area (Å²) in [5.74, 6) is 1.80. The van der Waals surface area contributed by atoms with Gasteiger partial charge in [-0.2, -0.15) is 0 Å². The third-order valence-corrected chi connectivity index (χ3v) is 3.73.